The van der Waals surface area contributed by atoms with E-state index in [1.165, 1.54) is 24.1 Å². The Balaban J connectivity index is 1.28. The maximum absolute atomic E-state index is 15.5. The van der Waals surface area contributed by atoms with Gasteiger partial charge in [0.05, 0.1) is 45.1 Å². The van der Waals surface area contributed by atoms with Gasteiger partial charge in [0.25, 0.3) is 0 Å². The van der Waals surface area contributed by atoms with Gasteiger partial charge in [-0.3, -0.25) is 25.1 Å². The summed E-state index contributed by atoms with van der Waals surface area (Å²) in [6.45, 7) is 1.10. The molecule has 3 fully saturated rings. The first-order valence-electron chi connectivity index (χ1n) is 13.0. The van der Waals surface area contributed by atoms with Crippen molar-refractivity contribution in [1.29, 1.82) is 0 Å². The number of barbiturate groups is 1. The molecule has 0 bridgehead atoms. The molecule has 14 heteroatoms. The number of anilines is 2. The predicted molar refractivity (Wildman–Crippen MR) is 140 cm³/mol. The Kier molecular flexibility index (Phi) is 6.49. The second kappa shape index (κ2) is 10.0. The van der Waals surface area contributed by atoms with E-state index in [0.29, 0.717) is 24.3 Å². The van der Waals surface area contributed by atoms with E-state index in [-0.39, 0.29) is 37.4 Å². The summed E-state index contributed by atoms with van der Waals surface area (Å²) in [6, 6.07) is 8.16. The molecule has 1 unspecified atom stereocenters. The van der Waals surface area contributed by atoms with E-state index in [1.54, 1.807) is 18.2 Å². The molecule has 6 amide bonds. The van der Waals surface area contributed by atoms with Gasteiger partial charge in [0.15, 0.2) is 5.41 Å². The van der Waals surface area contributed by atoms with Gasteiger partial charge in [-0.05, 0) is 47.9 Å². The van der Waals surface area contributed by atoms with Crippen LogP contribution in [0.3, 0.4) is 0 Å². The van der Waals surface area contributed by atoms with Crippen molar-refractivity contribution in [3.05, 3.63) is 47.8 Å². The summed E-state index contributed by atoms with van der Waals surface area (Å²) in [5.74, 6) is -1.99. The van der Waals surface area contributed by atoms with Crippen molar-refractivity contribution in [1.82, 2.24) is 16.0 Å². The molecule has 1 spiro atoms. The minimum atomic E-state index is -1.60. The van der Waals surface area contributed by atoms with Crippen LogP contribution in [-0.4, -0.2) is 82.1 Å². The van der Waals surface area contributed by atoms with Gasteiger partial charge in [-0.25, -0.2) is 18.8 Å². The first-order valence-corrected chi connectivity index (χ1v) is 13.0. The molecule has 214 valence electrons. The number of benzene rings is 2. The number of rotatable bonds is 4. The Labute approximate surface area is 232 Å². The highest BCUT2D eigenvalue weighted by Gasteiger charge is 2.60. The number of hydrogen-bond acceptors (Lipinski definition) is 9. The summed E-state index contributed by atoms with van der Waals surface area (Å²) in [5, 5.41) is 6.91. The van der Waals surface area contributed by atoms with Gasteiger partial charge >= 0.3 is 18.2 Å². The van der Waals surface area contributed by atoms with Crippen molar-refractivity contribution >= 4 is 41.4 Å². The topological polar surface area (TPSA) is 156 Å². The summed E-state index contributed by atoms with van der Waals surface area (Å²) in [4.78, 5) is 65.1. The fraction of sp³-hybridized carbons (Fsp3) is 0.370. The van der Waals surface area contributed by atoms with E-state index in [2.05, 4.69) is 20.7 Å². The van der Waals surface area contributed by atoms with Crippen LogP contribution in [0.2, 0.25) is 0 Å². The number of imide groups is 2. The van der Waals surface area contributed by atoms with E-state index in [9.17, 15) is 24.0 Å². The van der Waals surface area contributed by atoms with E-state index in [4.69, 9.17) is 9.47 Å². The minimum Gasteiger partial charge on any atom is -0.453 e. The van der Waals surface area contributed by atoms with Crippen molar-refractivity contribution in [2.24, 2.45) is 5.41 Å². The molecule has 4 aliphatic rings. The number of methoxy groups -OCH3 is 1. The lowest BCUT2D eigenvalue weighted by molar-refractivity contribution is -0.148. The fourth-order valence-electron chi connectivity index (χ4n) is 5.93. The summed E-state index contributed by atoms with van der Waals surface area (Å²) < 4.78 is 30.9. The molecule has 4 aliphatic heterocycles. The van der Waals surface area contributed by atoms with Crippen LogP contribution in [0.4, 0.5) is 30.1 Å². The standard InChI is InChI=1S/C27H26FN5O8/c1-39-25(37)29-11-17-12-33(26(38)41-17)16-3-4-18(19(28)9-16)14-2-5-20-15(8-14)10-27(21-13-40-7-6-32(20)21)22(34)30-24(36)31-23(27)35/h2-5,8-9,17,21H,6-7,10-13H2,1H3,(H,29,37)(H2,30,31,34,35,36)/t17-,21?/m0/s1. The van der Waals surface area contributed by atoms with E-state index in [1.807, 2.05) is 11.0 Å². The molecule has 0 aromatic heterocycles. The molecule has 0 saturated carbocycles. The molecule has 3 saturated heterocycles. The van der Waals surface area contributed by atoms with Crippen LogP contribution < -0.4 is 25.8 Å². The normalized spacial score (nSPS) is 22.9. The molecule has 3 N–H and O–H groups in total. The smallest absolute Gasteiger partial charge is 0.414 e. The Hall–Kier alpha value is -4.72. The zero-order chi connectivity index (χ0) is 28.9. The lowest BCUT2D eigenvalue weighted by Gasteiger charge is -2.51. The number of nitrogens with zero attached hydrogens (tertiary/aromatic N) is 2. The number of urea groups is 1. The second-order valence-electron chi connectivity index (χ2n) is 10.2. The number of halogens is 1. The highest BCUT2D eigenvalue weighted by Crippen LogP contribution is 2.45. The molecule has 2 aromatic carbocycles. The van der Waals surface area contributed by atoms with Crippen molar-refractivity contribution in [3.8, 4) is 11.1 Å². The number of carbonyl (C=O) groups excluding carboxylic acids is 5. The van der Waals surface area contributed by atoms with Gasteiger partial charge in [0.1, 0.15) is 11.9 Å². The predicted octanol–water partition coefficient (Wildman–Crippen LogP) is 1.29. The average molecular weight is 568 g/mol. The van der Waals surface area contributed by atoms with Gasteiger partial charge in [0, 0.05) is 17.8 Å². The van der Waals surface area contributed by atoms with Crippen molar-refractivity contribution < 1.29 is 42.6 Å². The van der Waals surface area contributed by atoms with Gasteiger partial charge in [-0.1, -0.05) is 6.07 Å². The Morgan fingerprint density at radius 2 is 1.93 bits per heavy atom. The largest absolute Gasteiger partial charge is 0.453 e. The highest BCUT2D eigenvalue weighted by atomic mass is 19.1. The third-order valence-corrected chi connectivity index (χ3v) is 7.93. The molecule has 41 heavy (non-hydrogen) atoms. The number of fused-ring (bicyclic) bond motifs is 4. The minimum absolute atomic E-state index is 0.00797. The maximum Gasteiger partial charge on any atom is 0.414 e. The molecule has 2 aromatic rings. The molecular weight excluding hydrogens is 541 g/mol. The van der Waals surface area contributed by atoms with Crippen LogP contribution in [0.15, 0.2) is 36.4 Å². The maximum atomic E-state index is 15.5. The lowest BCUT2D eigenvalue weighted by atomic mass is 9.68. The van der Waals surface area contributed by atoms with E-state index < -0.39 is 53.4 Å². The van der Waals surface area contributed by atoms with Crippen molar-refractivity contribution in [3.63, 3.8) is 0 Å². The third-order valence-electron chi connectivity index (χ3n) is 7.93. The van der Waals surface area contributed by atoms with Crippen molar-refractivity contribution in [2.45, 2.75) is 18.6 Å². The fourth-order valence-corrected chi connectivity index (χ4v) is 5.93. The van der Waals surface area contributed by atoms with Gasteiger partial charge in [-0.15, -0.1) is 0 Å². The monoisotopic (exact) mass is 567 g/mol. The van der Waals surface area contributed by atoms with Gasteiger partial charge in [0.2, 0.25) is 11.8 Å². The zero-order valence-electron chi connectivity index (χ0n) is 21.9. The average Bonchev–Trinajstić information content (AvgIpc) is 3.34. The zero-order valence-corrected chi connectivity index (χ0v) is 21.9. The Bertz CT molecular complexity index is 1460. The van der Waals surface area contributed by atoms with Gasteiger partial charge < -0.3 is 24.4 Å². The summed E-state index contributed by atoms with van der Waals surface area (Å²) in [5.41, 5.74) is 0.884. The number of alkyl carbamates (subject to hydrolysis) is 1. The first kappa shape index (κ1) is 26.5. The second-order valence-corrected chi connectivity index (χ2v) is 10.2. The van der Waals surface area contributed by atoms with Crippen LogP contribution >= 0.6 is 0 Å². The van der Waals surface area contributed by atoms with Crippen LogP contribution in [0.1, 0.15) is 5.56 Å². The summed E-state index contributed by atoms with van der Waals surface area (Å²) >= 11 is 0. The van der Waals surface area contributed by atoms with Crippen molar-refractivity contribution in [2.75, 3.05) is 49.8 Å². The summed E-state index contributed by atoms with van der Waals surface area (Å²) in [7, 11) is 1.22. The van der Waals surface area contributed by atoms with Crippen LogP contribution in [-0.2, 0) is 30.2 Å². The third kappa shape index (κ3) is 4.40. The number of carbonyl (C=O) groups is 5. The van der Waals surface area contributed by atoms with Crippen LogP contribution in [0.25, 0.3) is 11.1 Å². The molecule has 6 rings (SSSR count). The quantitative estimate of drug-likeness (QED) is 0.464. The molecule has 2 atom stereocenters. The lowest BCUT2D eigenvalue weighted by Crippen LogP contribution is -2.73. The molecule has 0 aliphatic carbocycles. The van der Waals surface area contributed by atoms with E-state index in [0.717, 1.165) is 5.69 Å². The van der Waals surface area contributed by atoms with Gasteiger partial charge in [-0.2, -0.15) is 0 Å². The number of morpholine rings is 1. The molecule has 0 radical (unpaired) electrons. The Morgan fingerprint density at radius 1 is 1.15 bits per heavy atom. The molecular formula is C27H26FN5O8. The first-order chi connectivity index (χ1) is 19.7. The van der Waals surface area contributed by atoms with Crippen LogP contribution in [0.5, 0.6) is 0 Å². The SMILES string of the molecule is COC(=O)NC[C@H]1CN(c2ccc(-c3ccc4c(c3)CC3(C(=O)NC(=O)NC3=O)C3COCCN43)c(F)c2)C(=O)O1. The highest BCUT2D eigenvalue weighted by molar-refractivity contribution is 6.20. The number of ether oxygens (including phenoxy) is 3. The van der Waals surface area contributed by atoms with Crippen LogP contribution in [0, 0.1) is 11.2 Å². The summed E-state index contributed by atoms with van der Waals surface area (Å²) in [6.07, 6.45) is -1.97. The number of cyclic esters (lactones) is 1. The molecule has 4 heterocycles. The number of hydrogen-bond donors (Lipinski definition) is 3. The Morgan fingerprint density at radius 3 is 2.66 bits per heavy atom. The molecule has 13 nitrogen and oxygen atoms in total. The van der Waals surface area contributed by atoms with E-state index >= 15 is 4.39 Å². The number of amides is 6. The number of nitrogens with one attached hydrogen (secondary N) is 3.